The number of hydrogen-bond donors (Lipinski definition) is 10. The van der Waals surface area contributed by atoms with Crippen molar-refractivity contribution in [2.75, 3.05) is 120 Å². The second-order valence-electron chi connectivity index (χ2n) is 41.2. The lowest BCUT2D eigenvalue weighted by molar-refractivity contribution is -0.124. The second kappa shape index (κ2) is 84.1. The number of benzene rings is 4. The standard InChI is InChI=1S/2C56H92N8O9.4H2S/c2*1-43(62-53(68)72-55(3,4)5)24-14-11-18-29-48(57-9)50(65)59-36-22-38-64(39-23-37-60-51(66)49(58-10)30-19-12-15-25-44(2)63-54(69)73-56(6,7)8)40-41-70-47-33-31-45(32-34-47)26-20-21-35-61-52(67)71-42-46-27-16-13-17-28-46;;;;/h2*13,16-17,27-28,31-34,48-49,57-58H,11-12,14-15,18-26,29-30,35-42H2,1-10H3,(H,59,65)(H,60,66)(H,61,67);4*1H2/t2*48-,49-;;;;/m00..../s1. The number of amides is 10. The number of nitrogens with zero attached hydrogens (tertiary/aromatic N) is 6. The maximum Gasteiger partial charge on any atom is 0.434 e. The molecule has 0 unspecified atom stereocenters. The molecule has 10 N–H and O–H groups in total. The normalized spacial score (nSPS) is 12.6. The van der Waals surface area contributed by atoms with Crippen molar-refractivity contribution in [3.63, 3.8) is 0 Å². The maximum atomic E-state index is 13.1. The summed E-state index contributed by atoms with van der Waals surface area (Å²) in [6.45, 7) is 38.1. The molecule has 0 aliphatic rings. The van der Waals surface area contributed by atoms with E-state index in [1.54, 1.807) is 28.2 Å². The first-order valence-electron chi connectivity index (χ1n) is 53.2. The molecule has 4 rings (SSSR count). The Balaban J connectivity index is 0. The van der Waals surface area contributed by atoms with Crippen LogP contribution in [0.2, 0.25) is 0 Å². The van der Waals surface area contributed by atoms with Gasteiger partial charge in [0.25, 0.3) is 0 Å². The van der Waals surface area contributed by atoms with Gasteiger partial charge >= 0.3 is 36.6 Å². The van der Waals surface area contributed by atoms with E-state index in [4.69, 9.17) is 37.9 Å². The highest BCUT2D eigenvalue weighted by Gasteiger charge is 2.25. The van der Waals surface area contributed by atoms with Gasteiger partial charge in [-0.15, -0.1) is 0 Å². The first-order chi connectivity index (χ1) is 69.5. The first-order valence-corrected chi connectivity index (χ1v) is 53.2. The van der Waals surface area contributed by atoms with Gasteiger partial charge in [0.15, 0.2) is 0 Å². The van der Waals surface area contributed by atoms with E-state index in [-0.39, 0.29) is 115 Å². The average Bonchev–Trinajstić information content (AvgIpc) is 0.899. The van der Waals surface area contributed by atoms with Crippen molar-refractivity contribution < 1.29 is 85.8 Å². The molecule has 0 aliphatic heterocycles. The number of aliphatic imine (C=N–C) groups is 4. The number of aryl methyl sites for hydroxylation is 2. The summed E-state index contributed by atoms with van der Waals surface area (Å²) in [5.41, 5.74) is 4.93. The lowest BCUT2D eigenvalue weighted by Crippen LogP contribution is -2.44. The van der Waals surface area contributed by atoms with Crippen LogP contribution in [0.5, 0.6) is 11.5 Å². The lowest BCUT2D eigenvalue weighted by Gasteiger charge is -2.23. The fraction of sp³-hybridized carbons (Fsp3) is 0.661. The minimum absolute atomic E-state index is 0. The van der Waals surface area contributed by atoms with Gasteiger partial charge in [-0.2, -0.15) is 74.0 Å². The highest BCUT2D eigenvalue weighted by atomic mass is 32.1. The number of rotatable bonds is 70. The van der Waals surface area contributed by atoms with Crippen molar-refractivity contribution in [2.45, 2.75) is 363 Å². The molecular weight excluding hydrogens is 1990 g/mol. The van der Waals surface area contributed by atoms with Crippen molar-refractivity contribution >= 4 is 137 Å². The van der Waals surface area contributed by atoms with Crippen LogP contribution in [0.15, 0.2) is 129 Å². The molecule has 10 amide bonds. The van der Waals surface area contributed by atoms with Crippen molar-refractivity contribution in [3.05, 3.63) is 131 Å². The Bertz CT molecular complexity index is 4040. The predicted octanol–water partition coefficient (Wildman–Crippen LogP) is 19.4. The SMILES string of the molecule is CN[C@@H](CCCCCC(C)=NC(=O)OC(C)(C)C)C(=O)NCCCN(CCCNC(=O)[C@H](CCCCCC(C)=NC(=O)OC(C)(C)C)NC)CCOc1ccc(CCCCNC(=O)OCc2ccccc2)cc1.CN[C@@H](CCCCCC(C)=NC(=O)OC(C)(C)C)C(=O)NCCCN(CCCNC(=O)[C@H](CCCCCC(C)=NC(=O)OC(C)(C)C)NC)CCOc1ccc(CCCCNC(=O)OCc2ccccc2)cc1.S.S.S.S. The Hall–Kier alpha value is -9.38. The topological polar surface area (TPSA) is 421 Å². The van der Waals surface area contributed by atoms with Crippen LogP contribution in [-0.2, 0) is 73.7 Å². The Morgan fingerprint density at radius 3 is 0.753 bits per heavy atom. The summed E-state index contributed by atoms with van der Waals surface area (Å²) in [5, 5.41) is 30.8. The first kappa shape index (κ1) is 143. The van der Waals surface area contributed by atoms with Crippen LogP contribution in [0, 0.1) is 0 Å². The molecule has 150 heavy (non-hydrogen) atoms. The maximum absolute atomic E-state index is 13.1. The molecule has 34 nitrogen and oxygen atoms in total. The van der Waals surface area contributed by atoms with E-state index >= 15 is 0 Å². The van der Waals surface area contributed by atoms with Gasteiger partial charge in [-0.3, -0.25) is 29.0 Å². The van der Waals surface area contributed by atoms with E-state index in [0.29, 0.717) is 117 Å². The third-order valence-corrected chi connectivity index (χ3v) is 23.2. The summed E-state index contributed by atoms with van der Waals surface area (Å²) < 4.78 is 44.1. The van der Waals surface area contributed by atoms with Crippen LogP contribution in [0.1, 0.15) is 313 Å². The number of hydrogen-bond acceptors (Lipinski definition) is 24. The molecule has 38 heteroatoms. The predicted molar refractivity (Wildman–Crippen MR) is 625 cm³/mol. The summed E-state index contributed by atoms with van der Waals surface area (Å²) in [7, 11) is 7.22. The van der Waals surface area contributed by atoms with E-state index in [9.17, 15) is 47.9 Å². The number of nitrogens with one attached hydrogen (secondary N) is 10. The molecule has 4 aromatic rings. The summed E-state index contributed by atoms with van der Waals surface area (Å²) >= 11 is 0. The van der Waals surface area contributed by atoms with Crippen LogP contribution in [0.25, 0.3) is 0 Å². The lowest BCUT2D eigenvalue weighted by atomic mass is 10.1. The van der Waals surface area contributed by atoms with Crippen LogP contribution in [-0.4, -0.2) is 259 Å². The number of likely N-dealkylation sites (N-methyl/N-ethyl adjacent to an activating group) is 4. The molecule has 0 radical (unpaired) electrons. The fourth-order valence-electron chi connectivity index (χ4n) is 15.4. The zero-order valence-electron chi connectivity index (χ0n) is 94.3. The zero-order chi connectivity index (χ0) is 108. The van der Waals surface area contributed by atoms with Crippen LogP contribution in [0.4, 0.5) is 28.8 Å². The smallest absolute Gasteiger partial charge is 0.434 e. The highest BCUT2D eigenvalue weighted by molar-refractivity contribution is 7.59. The van der Waals surface area contributed by atoms with Gasteiger partial charge in [0.2, 0.25) is 23.6 Å². The summed E-state index contributed by atoms with van der Waals surface area (Å²) in [6.07, 6.45) is 21.4. The van der Waals surface area contributed by atoms with Gasteiger partial charge < -0.3 is 91.1 Å². The summed E-state index contributed by atoms with van der Waals surface area (Å²) in [4.78, 5) is 145. The monoisotopic (exact) mass is 2180 g/mol. The molecule has 0 aliphatic carbocycles. The molecule has 0 saturated heterocycles. The average molecular weight is 2180 g/mol. The van der Waals surface area contributed by atoms with Crippen molar-refractivity contribution in [2.24, 2.45) is 20.0 Å². The molecule has 4 aromatic carbocycles. The van der Waals surface area contributed by atoms with Gasteiger partial charge in [0.1, 0.15) is 60.3 Å². The molecule has 0 fully saturated rings. The van der Waals surface area contributed by atoms with E-state index < -0.39 is 59.0 Å². The van der Waals surface area contributed by atoms with Crippen molar-refractivity contribution in [1.29, 1.82) is 0 Å². The molecule has 0 bridgehead atoms. The Kier molecular flexibility index (Phi) is 80.0. The highest BCUT2D eigenvalue weighted by Crippen LogP contribution is 2.21. The fourth-order valence-corrected chi connectivity index (χ4v) is 15.4. The van der Waals surface area contributed by atoms with Gasteiger partial charge in [-0.05, 0) is 353 Å². The number of carbonyl (C=O) groups is 10. The Morgan fingerprint density at radius 1 is 0.280 bits per heavy atom. The van der Waals surface area contributed by atoms with Gasteiger partial charge in [0, 0.05) is 75.2 Å². The molecule has 0 saturated carbocycles. The van der Waals surface area contributed by atoms with Gasteiger partial charge in [-0.25, -0.2) is 28.8 Å². The molecule has 4 atom stereocenters. The summed E-state index contributed by atoms with van der Waals surface area (Å²) in [6, 6.07) is 34.3. The van der Waals surface area contributed by atoms with Gasteiger partial charge in [-0.1, -0.05) is 136 Å². The minimum Gasteiger partial charge on any atom is -0.492 e. The Morgan fingerprint density at radius 2 is 0.520 bits per heavy atom. The zero-order valence-corrected chi connectivity index (χ0v) is 98.3. The molecule has 852 valence electrons. The van der Waals surface area contributed by atoms with E-state index in [0.717, 1.165) is 213 Å². The van der Waals surface area contributed by atoms with Crippen LogP contribution < -0.4 is 62.6 Å². The number of unbranched alkanes of at least 4 members (excludes halogenated alkanes) is 10. The van der Waals surface area contributed by atoms with Crippen LogP contribution in [0.3, 0.4) is 0 Å². The van der Waals surface area contributed by atoms with E-state index in [1.807, 2.05) is 196 Å². The largest absolute Gasteiger partial charge is 0.492 e. The third-order valence-electron chi connectivity index (χ3n) is 23.2. The van der Waals surface area contributed by atoms with E-state index in [2.05, 4.69) is 107 Å². The molecule has 0 heterocycles. The van der Waals surface area contributed by atoms with E-state index in [1.165, 1.54) is 11.1 Å². The quantitative estimate of drug-likeness (QED) is 0.0111. The number of carbonyl (C=O) groups excluding carboxylic acids is 10. The number of alkyl carbamates (subject to hydrolysis) is 2. The van der Waals surface area contributed by atoms with Crippen molar-refractivity contribution in [1.82, 2.24) is 63.0 Å². The summed E-state index contributed by atoms with van der Waals surface area (Å²) in [5.74, 6) is 1.48. The number of ether oxygens (including phenoxy) is 8. The second-order valence-corrected chi connectivity index (χ2v) is 41.2. The molecule has 0 spiro atoms. The molecular formula is C112H192N16O18S4. The minimum atomic E-state index is -0.579. The Labute approximate surface area is 926 Å². The van der Waals surface area contributed by atoms with Crippen LogP contribution >= 0.6 is 54.0 Å². The molecule has 0 aromatic heterocycles. The van der Waals surface area contributed by atoms with Crippen molar-refractivity contribution in [3.8, 4) is 11.5 Å². The third kappa shape index (κ3) is 77.0. The van der Waals surface area contributed by atoms with Gasteiger partial charge in [0.05, 0.1) is 24.2 Å².